The molecule has 2 aromatic heterocycles. The van der Waals surface area contributed by atoms with Crippen LogP contribution in [0.4, 0.5) is 0 Å². The Morgan fingerprint density at radius 1 is 1.23 bits per heavy atom. The van der Waals surface area contributed by atoms with Crippen molar-refractivity contribution < 1.29 is 13.2 Å². The molecule has 0 radical (unpaired) electrons. The molecule has 0 N–H and O–H groups in total. The van der Waals surface area contributed by atoms with Gasteiger partial charge in [-0.25, -0.2) is 8.42 Å². The second kappa shape index (κ2) is 7.95. The van der Waals surface area contributed by atoms with Crippen molar-refractivity contribution in [3.8, 4) is 11.8 Å². The average molecular weight is 487 g/mol. The molecule has 1 aliphatic rings. The molecule has 0 unspecified atom stereocenters. The number of Topliss-reactive ketones (excluding diaryl/α,β-unsaturated/α-hetero) is 1. The van der Waals surface area contributed by atoms with Crippen LogP contribution in [0.5, 0.6) is 0 Å². The lowest BCUT2D eigenvalue weighted by Crippen LogP contribution is -2.42. The molecule has 1 aliphatic heterocycles. The van der Waals surface area contributed by atoms with Crippen molar-refractivity contribution in [2.24, 2.45) is 0 Å². The molecule has 3 aromatic rings. The number of benzene rings is 1. The first-order valence-corrected chi connectivity index (χ1v) is 12.0. The zero-order chi connectivity index (χ0) is 21.5. The number of halogens is 1. The van der Waals surface area contributed by atoms with Crippen LogP contribution < -0.4 is 0 Å². The lowest BCUT2D eigenvalue weighted by molar-refractivity contribution is 0.0936. The third-order valence-corrected chi connectivity index (χ3v) is 7.39. The van der Waals surface area contributed by atoms with Crippen molar-refractivity contribution in [2.45, 2.75) is 6.92 Å². The summed E-state index contributed by atoms with van der Waals surface area (Å²) in [4.78, 5) is 19.6. The maximum Gasteiger partial charge on any atom is 0.180 e. The standard InChI is InChI=1S/C21H19BrN4O3S/c1-14-20(19(27)13-25-6-8-30(28,29)9-7-25)21-18(10-16(22)12-24-21)26(14)17-4-2-15(11-23)3-5-17/h2-5,10,12H,6-9,13H2,1H3. The Morgan fingerprint density at radius 3 is 2.53 bits per heavy atom. The molecule has 0 saturated carbocycles. The van der Waals surface area contributed by atoms with Crippen molar-refractivity contribution in [3.63, 3.8) is 0 Å². The van der Waals surface area contributed by atoms with Gasteiger partial charge in [0.2, 0.25) is 0 Å². The van der Waals surface area contributed by atoms with Gasteiger partial charge in [0, 0.05) is 35.1 Å². The number of hydrogen-bond donors (Lipinski definition) is 0. The van der Waals surface area contributed by atoms with Crippen LogP contribution in [-0.2, 0) is 9.84 Å². The molecular weight excluding hydrogens is 468 g/mol. The Bertz CT molecular complexity index is 1280. The quantitative estimate of drug-likeness (QED) is 0.526. The van der Waals surface area contributed by atoms with Crippen LogP contribution in [0.1, 0.15) is 21.6 Å². The van der Waals surface area contributed by atoms with Crippen LogP contribution in [0.25, 0.3) is 16.7 Å². The van der Waals surface area contributed by atoms with Gasteiger partial charge in [0.1, 0.15) is 0 Å². The number of carbonyl (C=O) groups excluding carboxylic acids is 1. The lowest BCUT2D eigenvalue weighted by Gasteiger charge is -2.25. The van der Waals surface area contributed by atoms with Crippen molar-refractivity contribution >= 4 is 42.6 Å². The highest BCUT2D eigenvalue weighted by molar-refractivity contribution is 9.10. The van der Waals surface area contributed by atoms with E-state index in [0.717, 1.165) is 21.4 Å². The number of nitriles is 1. The molecule has 0 bridgehead atoms. The topological polar surface area (TPSA) is 96.1 Å². The summed E-state index contributed by atoms with van der Waals surface area (Å²) in [6, 6.07) is 11.2. The number of hydrogen-bond acceptors (Lipinski definition) is 6. The van der Waals surface area contributed by atoms with Crippen molar-refractivity contribution in [3.05, 3.63) is 57.8 Å². The number of nitrogens with zero attached hydrogens (tertiary/aromatic N) is 4. The molecule has 154 valence electrons. The summed E-state index contributed by atoms with van der Waals surface area (Å²) in [5, 5.41) is 9.07. The zero-order valence-corrected chi connectivity index (χ0v) is 18.7. The molecule has 1 fully saturated rings. The van der Waals surface area contributed by atoms with Crippen LogP contribution in [0.2, 0.25) is 0 Å². The van der Waals surface area contributed by atoms with E-state index < -0.39 is 9.84 Å². The van der Waals surface area contributed by atoms with Gasteiger partial charge in [-0.05, 0) is 53.2 Å². The predicted octanol–water partition coefficient (Wildman–Crippen LogP) is 2.88. The van der Waals surface area contributed by atoms with Crippen molar-refractivity contribution in [1.82, 2.24) is 14.5 Å². The SMILES string of the molecule is Cc1c(C(=O)CN2CCS(=O)(=O)CC2)c2ncc(Br)cc2n1-c1ccc(C#N)cc1. The van der Waals surface area contributed by atoms with Gasteiger partial charge < -0.3 is 4.57 Å². The Labute approximate surface area is 183 Å². The molecule has 3 heterocycles. The molecule has 1 saturated heterocycles. The van der Waals surface area contributed by atoms with Gasteiger partial charge in [-0.1, -0.05) is 0 Å². The van der Waals surface area contributed by atoms with E-state index in [4.69, 9.17) is 5.26 Å². The van der Waals surface area contributed by atoms with Gasteiger partial charge in [0.25, 0.3) is 0 Å². The number of aromatic nitrogens is 2. The second-order valence-corrected chi connectivity index (χ2v) is 10.5. The molecule has 0 spiro atoms. The summed E-state index contributed by atoms with van der Waals surface area (Å²) in [5.74, 6) is 0.0774. The van der Waals surface area contributed by atoms with Crippen LogP contribution in [0.15, 0.2) is 41.0 Å². The fourth-order valence-corrected chi connectivity index (χ4v) is 5.39. The summed E-state index contributed by atoms with van der Waals surface area (Å²) >= 11 is 3.45. The number of sulfone groups is 1. The van der Waals surface area contributed by atoms with E-state index in [1.807, 2.05) is 34.6 Å². The number of pyridine rings is 1. The van der Waals surface area contributed by atoms with Gasteiger partial charge in [0.15, 0.2) is 15.6 Å². The summed E-state index contributed by atoms with van der Waals surface area (Å²) in [6.07, 6.45) is 1.66. The molecule has 7 nitrogen and oxygen atoms in total. The van der Waals surface area contributed by atoms with Crippen molar-refractivity contribution in [2.75, 3.05) is 31.1 Å². The highest BCUT2D eigenvalue weighted by Gasteiger charge is 2.27. The monoisotopic (exact) mass is 486 g/mol. The maximum atomic E-state index is 13.2. The minimum atomic E-state index is -3.00. The minimum absolute atomic E-state index is 0.0808. The van der Waals surface area contributed by atoms with Crippen LogP contribution >= 0.6 is 15.9 Å². The third-order valence-electron chi connectivity index (χ3n) is 5.35. The van der Waals surface area contributed by atoms with E-state index in [1.165, 1.54) is 0 Å². The minimum Gasteiger partial charge on any atom is -0.311 e. The fraction of sp³-hybridized carbons (Fsp3) is 0.286. The molecule has 4 rings (SSSR count). The summed E-state index contributed by atoms with van der Waals surface area (Å²) in [7, 11) is -3.00. The zero-order valence-electron chi connectivity index (χ0n) is 16.3. The largest absolute Gasteiger partial charge is 0.311 e. The molecule has 0 aliphatic carbocycles. The first kappa shape index (κ1) is 20.7. The van der Waals surface area contributed by atoms with Crippen LogP contribution in [0, 0.1) is 18.3 Å². The number of fused-ring (bicyclic) bond motifs is 1. The number of carbonyl (C=O) groups is 1. The third kappa shape index (κ3) is 3.90. The highest BCUT2D eigenvalue weighted by Crippen LogP contribution is 2.30. The summed E-state index contributed by atoms with van der Waals surface area (Å²) in [6.45, 7) is 2.75. The first-order valence-electron chi connectivity index (χ1n) is 9.42. The van der Waals surface area contributed by atoms with E-state index in [1.54, 1.807) is 18.3 Å². The Kier molecular flexibility index (Phi) is 5.49. The fourth-order valence-electron chi connectivity index (χ4n) is 3.80. The molecule has 0 amide bonds. The Balaban J connectivity index is 1.76. The van der Waals surface area contributed by atoms with Crippen molar-refractivity contribution in [1.29, 1.82) is 5.26 Å². The summed E-state index contributed by atoms with van der Waals surface area (Å²) in [5.41, 5.74) is 4.08. The van der Waals surface area contributed by atoms with Gasteiger partial charge in [0.05, 0.1) is 46.3 Å². The number of rotatable bonds is 4. The molecule has 1 aromatic carbocycles. The normalized spacial score (nSPS) is 16.4. The molecule has 30 heavy (non-hydrogen) atoms. The smallest absolute Gasteiger partial charge is 0.180 e. The van der Waals surface area contributed by atoms with Crippen LogP contribution in [0.3, 0.4) is 0 Å². The first-order chi connectivity index (χ1) is 14.3. The Hall–Kier alpha value is -2.54. The highest BCUT2D eigenvalue weighted by atomic mass is 79.9. The van der Waals surface area contributed by atoms with E-state index in [2.05, 4.69) is 27.0 Å². The van der Waals surface area contributed by atoms with E-state index >= 15 is 0 Å². The van der Waals surface area contributed by atoms with Crippen LogP contribution in [-0.4, -0.2) is 59.8 Å². The summed E-state index contributed by atoms with van der Waals surface area (Å²) < 4.78 is 26.1. The van der Waals surface area contributed by atoms with E-state index in [-0.39, 0.29) is 23.8 Å². The van der Waals surface area contributed by atoms with E-state index in [0.29, 0.717) is 29.7 Å². The number of ketones is 1. The van der Waals surface area contributed by atoms with Gasteiger partial charge >= 0.3 is 0 Å². The van der Waals surface area contributed by atoms with Gasteiger partial charge in [-0.2, -0.15) is 5.26 Å². The predicted molar refractivity (Wildman–Crippen MR) is 118 cm³/mol. The molecule has 0 atom stereocenters. The van der Waals surface area contributed by atoms with Gasteiger partial charge in [-0.15, -0.1) is 0 Å². The maximum absolute atomic E-state index is 13.2. The lowest BCUT2D eigenvalue weighted by atomic mass is 10.1. The second-order valence-electron chi connectivity index (χ2n) is 7.33. The average Bonchev–Trinajstić information content (AvgIpc) is 3.00. The van der Waals surface area contributed by atoms with E-state index in [9.17, 15) is 13.2 Å². The van der Waals surface area contributed by atoms with Gasteiger partial charge in [-0.3, -0.25) is 14.7 Å². The Morgan fingerprint density at radius 2 is 1.90 bits per heavy atom. The molecular formula is C21H19BrN4O3S. The molecule has 9 heteroatoms.